The van der Waals surface area contributed by atoms with Crippen LogP contribution in [-0.4, -0.2) is 24.2 Å². The second-order valence-corrected chi connectivity index (χ2v) is 3.84. The van der Waals surface area contributed by atoms with Crippen LogP contribution in [0.1, 0.15) is 32.6 Å². The molecule has 1 aliphatic carbocycles. The Morgan fingerprint density at radius 3 is 2.31 bits per heavy atom. The highest BCUT2D eigenvalue weighted by Gasteiger charge is 2.20. The largest absolute Gasteiger partial charge is 0.478 e. The first-order chi connectivity index (χ1) is 7.56. The second-order valence-electron chi connectivity index (χ2n) is 3.84. The number of methoxy groups -OCH3 is 1. The lowest BCUT2D eigenvalue weighted by atomic mass is 9.99. The average Bonchev–Trinajstić information content (AvgIpc) is 2.69. The quantitative estimate of drug-likeness (QED) is 0.588. The first-order valence-corrected chi connectivity index (χ1v) is 5.28. The van der Waals surface area contributed by atoms with Gasteiger partial charge in [-0.05, 0) is 38.2 Å². The van der Waals surface area contributed by atoms with Crippen LogP contribution in [0, 0.1) is 0 Å². The monoisotopic (exact) mass is 224 g/mol. The summed E-state index contributed by atoms with van der Waals surface area (Å²) in [6.07, 6.45) is 4.87. The van der Waals surface area contributed by atoms with E-state index in [1.54, 1.807) is 6.92 Å². The van der Waals surface area contributed by atoms with E-state index in [2.05, 4.69) is 0 Å². The van der Waals surface area contributed by atoms with Crippen LogP contribution in [0.2, 0.25) is 0 Å². The van der Waals surface area contributed by atoms with Crippen LogP contribution in [-0.2, 0) is 14.3 Å². The fraction of sp³-hybridized carbons (Fsp3) is 0.500. The van der Waals surface area contributed by atoms with Crippen LogP contribution in [0.15, 0.2) is 22.8 Å². The van der Waals surface area contributed by atoms with Crippen LogP contribution >= 0.6 is 0 Å². The molecule has 1 aliphatic rings. The van der Waals surface area contributed by atoms with Crippen LogP contribution in [0.5, 0.6) is 0 Å². The summed E-state index contributed by atoms with van der Waals surface area (Å²) in [5, 5.41) is 8.68. The Hall–Kier alpha value is -1.58. The molecule has 0 atom stereocenters. The standard InChI is InChI=1S/C12H16O4/c1-8(7-10(13)14)11(12(15)16-2)9-5-3-4-6-9/h7H,3-6H2,1-2H3,(H,13,14)/b8-7-. The van der Waals surface area contributed by atoms with E-state index in [4.69, 9.17) is 9.84 Å². The lowest BCUT2D eigenvalue weighted by Gasteiger charge is -2.09. The molecule has 4 heteroatoms. The van der Waals surface area contributed by atoms with Gasteiger partial charge in [0.05, 0.1) is 12.7 Å². The first-order valence-electron chi connectivity index (χ1n) is 5.28. The Morgan fingerprint density at radius 1 is 1.31 bits per heavy atom. The molecule has 0 aromatic heterocycles. The molecular formula is C12H16O4. The molecular weight excluding hydrogens is 208 g/mol. The number of carbonyl (C=O) groups excluding carboxylic acids is 1. The summed E-state index contributed by atoms with van der Waals surface area (Å²) >= 11 is 0. The molecule has 0 aliphatic heterocycles. The predicted octanol–water partition coefficient (Wildman–Crippen LogP) is 2.06. The highest BCUT2D eigenvalue weighted by Crippen LogP contribution is 2.30. The van der Waals surface area contributed by atoms with Gasteiger partial charge in [0.15, 0.2) is 0 Å². The topological polar surface area (TPSA) is 63.6 Å². The van der Waals surface area contributed by atoms with Gasteiger partial charge in [0.25, 0.3) is 0 Å². The summed E-state index contributed by atoms with van der Waals surface area (Å²) < 4.78 is 4.70. The number of ether oxygens (including phenoxy) is 1. The van der Waals surface area contributed by atoms with E-state index in [1.807, 2.05) is 0 Å². The third-order valence-electron chi connectivity index (χ3n) is 2.68. The number of carboxylic acid groups (broad SMARTS) is 1. The SMILES string of the molecule is COC(=O)C(=C1CCCC1)/C(C)=C\C(=O)O. The van der Waals surface area contributed by atoms with Gasteiger partial charge in [-0.15, -0.1) is 0 Å². The summed E-state index contributed by atoms with van der Waals surface area (Å²) in [5.74, 6) is -1.48. The van der Waals surface area contributed by atoms with Gasteiger partial charge in [-0.25, -0.2) is 9.59 Å². The van der Waals surface area contributed by atoms with Crippen molar-refractivity contribution in [2.24, 2.45) is 0 Å². The number of carboxylic acids is 1. The van der Waals surface area contributed by atoms with Crippen molar-refractivity contribution < 1.29 is 19.4 Å². The molecule has 1 fully saturated rings. The van der Waals surface area contributed by atoms with Crippen molar-refractivity contribution in [1.29, 1.82) is 0 Å². The number of allylic oxidation sites excluding steroid dienone is 1. The summed E-state index contributed by atoms with van der Waals surface area (Å²) in [5.41, 5.74) is 1.93. The molecule has 0 aromatic rings. The highest BCUT2D eigenvalue weighted by molar-refractivity contribution is 5.96. The molecule has 1 N–H and O–H groups in total. The normalized spacial score (nSPS) is 16.1. The average molecular weight is 224 g/mol. The highest BCUT2D eigenvalue weighted by atomic mass is 16.5. The second kappa shape index (κ2) is 5.49. The van der Waals surface area contributed by atoms with E-state index in [9.17, 15) is 9.59 Å². The maximum atomic E-state index is 11.6. The molecule has 0 radical (unpaired) electrons. The van der Waals surface area contributed by atoms with Gasteiger partial charge in [-0.3, -0.25) is 0 Å². The van der Waals surface area contributed by atoms with Gasteiger partial charge in [-0.1, -0.05) is 5.57 Å². The first kappa shape index (κ1) is 12.5. The maximum Gasteiger partial charge on any atom is 0.338 e. The number of aliphatic carboxylic acids is 1. The molecule has 16 heavy (non-hydrogen) atoms. The van der Waals surface area contributed by atoms with E-state index in [-0.39, 0.29) is 0 Å². The minimum Gasteiger partial charge on any atom is -0.478 e. The lowest BCUT2D eigenvalue weighted by Crippen LogP contribution is -2.09. The zero-order valence-electron chi connectivity index (χ0n) is 9.58. The number of carbonyl (C=O) groups is 2. The zero-order valence-corrected chi connectivity index (χ0v) is 9.58. The number of hydrogen-bond acceptors (Lipinski definition) is 3. The van der Waals surface area contributed by atoms with Crippen LogP contribution < -0.4 is 0 Å². The Kier molecular flexibility index (Phi) is 4.28. The number of hydrogen-bond donors (Lipinski definition) is 1. The van der Waals surface area contributed by atoms with Crippen LogP contribution in [0.25, 0.3) is 0 Å². The fourth-order valence-electron chi connectivity index (χ4n) is 2.00. The Labute approximate surface area is 94.6 Å². The Balaban J connectivity index is 3.10. The Morgan fingerprint density at radius 2 is 1.88 bits per heavy atom. The van der Waals surface area contributed by atoms with E-state index < -0.39 is 11.9 Å². The van der Waals surface area contributed by atoms with Crippen molar-refractivity contribution in [1.82, 2.24) is 0 Å². The molecule has 0 saturated heterocycles. The Bertz CT molecular complexity index is 355. The van der Waals surface area contributed by atoms with Crippen LogP contribution in [0.3, 0.4) is 0 Å². The molecule has 0 heterocycles. The van der Waals surface area contributed by atoms with Crippen molar-refractivity contribution in [2.45, 2.75) is 32.6 Å². The third-order valence-corrected chi connectivity index (χ3v) is 2.68. The van der Waals surface area contributed by atoms with Gasteiger partial charge in [0.1, 0.15) is 0 Å². The molecule has 0 bridgehead atoms. The van der Waals surface area contributed by atoms with Gasteiger partial charge in [-0.2, -0.15) is 0 Å². The fourth-order valence-corrected chi connectivity index (χ4v) is 2.00. The van der Waals surface area contributed by atoms with E-state index in [1.165, 1.54) is 7.11 Å². The molecule has 0 amide bonds. The van der Waals surface area contributed by atoms with E-state index >= 15 is 0 Å². The van der Waals surface area contributed by atoms with Crippen molar-refractivity contribution in [3.63, 3.8) is 0 Å². The van der Waals surface area contributed by atoms with Crippen molar-refractivity contribution in [3.8, 4) is 0 Å². The van der Waals surface area contributed by atoms with Gasteiger partial charge in [0.2, 0.25) is 0 Å². The summed E-state index contributed by atoms with van der Waals surface area (Å²) in [7, 11) is 1.31. The maximum absolute atomic E-state index is 11.6. The third kappa shape index (κ3) is 2.95. The molecule has 0 unspecified atom stereocenters. The van der Waals surface area contributed by atoms with E-state index in [0.29, 0.717) is 11.1 Å². The van der Waals surface area contributed by atoms with Crippen LogP contribution in [0.4, 0.5) is 0 Å². The number of rotatable bonds is 3. The minimum absolute atomic E-state index is 0.438. The molecule has 1 saturated carbocycles. The van der Waals surface area contributed by atoms with E-state index in [0.717, 1.165) is 37.3 Å². The van der Waals surface area contributed by atoms with Gasteiger partial charge >= 0.3 is 11.9 Å². The van der Waals surface area contributed by atoms with Crippen molar-refractivity contribution in [2.75, 3.05) is 7.11 Å². The summed E-state index contributed by atoms with van der Waals surface area (Å²) in [4.78, 5) is 22.2. The molecule has 1 rings (SSSR count). The van der Waals surface area contributed by atoms with Gasteiger partial charge < -0.3 is 9.84 Å². The lowest BCUT2D eigenvalue weighted by molar-refractivity contribution is -0.135. The smallest absolute Gasteiger partial charge is 0.338 e. The summed E-state index contributed by atoms with van der Waals surface area (Å²) in [6, 6.07) is 0. The number of esters is 1. The molecule has 4 nitrogen and oxygen atoms in total. The molecule has 0 aromatic carbocycles. The minimum atomic E-state index is -1.04. The molecule has 0 spiro atoms. The zero-order chi connectivity index (χ0) is 12.1. The van der Waals surface area contributed by atoms with Gasteiger partial charge in [0, 0.05) is 6.08 Å². The van der Waals surface area contributed by atoms with Crippen molar-refractivity contribution in [3.05, 3.63) is 22.8 Å². The molecule has 88 valence electrons. The predicted molar refractivity (Wildman–Crippen MR) is 58.9 cm³/mol. The summed E-state index contributed by atoms with van der Waals surface area (Å²) in [6.45, 7) is 1.63. The van der Waals surface area contributed by atoms with Crippen molar-refractivity contribution >= 4 is 11.9 Å².